The quantitative estimate of drug-likeness (QED) is 0.590. The average molecular weight is 431 g/mol. The van der Waals surface area contributed by atoms with Crippen LogP contribution in [-0.4, -0.2) is 42.3 Å². The van der Waals surface area contributed by atoms with E-state index in [1.807, 2.05) is 6.07 Å². The second kappa shape index (κ2) is 7.21. The third kappa shape index (κ3) is 3.61. The van der Waals surface area contributed by atoms with Crippen molar-refractivity contribution in [2.45, 2.75) is 22.1 Å². The molecule has 8 nitrogen and oxygen atoms in total. The molecular formula is C19H17N3O5S2. The zero-order valence-electron chi connectivity index (χ0n) is 15.3. The average Bonchev–Trinajstić information content (AvgIpc) is 3.22. The maximum absolute atomic E-state index is 12.9. The van der Waals surface area contributed by atoms with Gasteiger partial charge in [0.15, 0.2) is 0 Å². The number of carboxylic acids is 1. The van der Waals surface area contributed by atoms with E-state index in [0.29, 0.717) is 16.5 Å². The van der Waals surface area contributed by atoms with E-state index in [1.54, 1.807) is 42.5 Å². The van der Waals surface area contributed by atoms with Crippen molar-refractivity contribution in [1.82, 2.24) is 14.9 Å². The van der Waals surface area contributed by atoms with Crippen molar-refractivity contribution >= 4 is 27.3 Å². The van der Waals surface area contributed by atoms with Crippen LogP contribution in [0.1, 0.15) is 17.9 Å². The minimum Gasteiger partial charge on any atom is -0.480 e. The van der Waals surface area contributed by atoms with Gasteiger partial charge in [0.25, 0.3) is 10.0 Å². The number of aromatic nitrogens is 2. The molecule has 2 aromatic heterocycles. The summed E-state index contributed by atoms with van der Waals surface area (Å²) >= 11 is 0.997. The van der Waals surface area contributed by atoms with Gasteiger partial charge in [-0.2, -0.15) is 4.72 Å². The molecule has 4 rings (SSSR count). The molecule has 3 aromatic rings. The van der Waals surface area contributed by atoms with E-state index < -0.39 is 27.4 Å². The first-order chi connectivity index (χ1) is 13.9. The molecule has 1 saturated carbocycles. The molecule has 0 amide bonds. The van der Waals surface area contributed by atoms with Gasteiger partial charge in [0.2, 0.25) is 5.88 Å². The molecule has 1 aliphatic rings. The highest BCUT2D eigenvalue weighted by atomic mass is 32.2. The summed E-state index contributed by atoms with van der Waals surface area (Å²) in [5.41, 5.74) is -0.249. The Balaban J connectivity index is 1.59. The Morgan fingerprint density at radius 2 is 1.93 bits per heavy atom. The van der Waals surface area contributed by atoms with Gasteiger partial charge in [-0.25, -0.2) is 8.42 Å². The van der Waals surface area contributed by atoms with Crippen molar-refractivity contribution in [3.63, 3.8) is 0 Å². The van der Waals surface area contributed by atoms with Gasteiger partial charge >= 0.3 is 5.97 Å². The van der Waals surface area contributed by atoms with Crippen molar-refractivity contribution in [2.75, 3.05) is 7.11 Å². The first kappa shape index (κ1) is 19.5. The van der Waals surface area contributed by atoms with Crippen molar-refractivity contribution in [3.05, 3.63) is 60.2 Å². The minimum absolute atomic E-state index is 0.0180. The predicted molar refractivity (Wildman–Crippen MR) is 106 cm³/mol. The van der Waals surface area contributed by atoms with E-state index in [-0.39, 0.29) is 10.6 Å². The molecule has 0 radical (unpaired) electrons. The lowest BCUT2D eigenvalue weighted by atomic mass is 10.1. The van der Waals surface area contributed by atoms with Gasteiger partial charge in [-0.15, -0.1) is 21.5 Å². The van der Waals surface area contributed by atoms with E-state index in [4.69, 9.17) is 4.74 Å². The summed E-state index contributed by atoms with van der Waals surface area (Å²) in [7, 11) is -2.55. The number of ether oxygens (including phenoxy) is 1. The van der Waals surface area contributed by atoms with E-state index in [1.165, 1.54) is 13.2 Å². The standard InChI is InChI=1S/C19H17N3O5S2/c1-27-16-9-7-14(20-21-16)15-8-10-17(28-15)29(25,26)22-19(18(23)24)11-13(19)12-5-3-2-4-6-12/h2-10,13,22H,11H2,1H3,(H,23,24)/t13-,19-/m0/s1. The van der Waals surface area contributed by atoms with Crippen LogP contribution in [0.25, 0.3) is 10.6 Å². The number of aliphatic carboxylic acids is 1. The highest BCUT2D eigenvalue weighted by molar-refractivity contribution is 7.91. The van der Waals surface area contributed by atoms with Crippen LogP contribution in [0.2, 0.25) is 0 Å². The number of nitrogens with one attached hydrogen (secondary N) is 1. The molecule has 10 heteroatoms. The van der Waals surface area contributed by atoms with Crippen LogP contribution in [0.15, 0.2) is 58.8 Å². The summed E-state index contributed by atoms with van der Waals surface area (Å²) < 4.78 is 33.2. The number of thiophene rings is 1. The molecule has 1 aliphatic carbocycles. The molecule has 0 spiro atoms. The highest BCUT2D eigenvalue weighted by Crippen LogP contribution is 2.52. The normalized spacial score (nSPS) is 20.9. The number of hydrogen-bond donors (Lipinski definition) is 2. The fourth-order valence-corrected chi connectivity index (χ4v) is 5.87. The second-order valence-corrected chi connectivity index (χ2v) is 9.62. The van der Waals surface area contributed by atoms with E-state index in [9.17, 15) is 18.3 Å². The van der Waals surface area contributed by atoms with Crippen molar-refractivity contribution in [1.29, 1.82) is 0 Å². The Bertz CT molecular complexity index is 1150. The van der Waals surface area contributed by atoms with Gasteiger partial charge < -0.3 is 9.84 Å². The lowest BCUT2D eigenvalue weighted by Crippen LogP contribution is -2.44. The highest BCUT2D eigenvalue weighted by Gasteiger charge is 2.63. The summed E-state index contributed by atoms with van der Waals surface area (Å²) in [6, 6.07) is 15.4. The van der Waals surface area contributed by atoms with Gasteiger partial charge in [0, 0.05) is 12.0 Å². The molecule has 0 aliphatic heterocycles. The molecule has 2 heterocycles. The number of sulfonamides is 1. The summed E-state index contributed by atoms with van der Waals surface area (Å²) in [5.74, 6) is -1.25. The van der Waals surface area contributed by atoms with Crippen molar-refractivity contribution in [3.8, 4) is 16.5 Å². The fraction of sp³-hybridized carbons (Fsp3) is 0.211. The Morgan fingerprint density at radius 3 is 2.55 bits per heavy atom. The molecule has 1 fully saturated rings. The third-order valence-electron chi connectivity index (χ3n) is 4.81. The zero-order chi connectivity index (χ0) is 20.6. The molecular weight excluding hydrogens is 414 g/mol. The summed E-state index contributed by atoms with van der Waals surface area (Å²) in [6.45, 7) is 0. The Labute approximate surface area is 171 Å². The van der Waals surface area contributed by atoms with Gasteiger partial charge in [-0.1, -0.05) is 30.3 Å². The van der Waals surface area contributed by atoms with Crippen molar-refractivity contribution in [2.24, 2.45) is 0 Å². The van der Waals surface area contributed by atoms with E-state index >= 15 is 0 Å². The number of nitrogens with zero attached hydrogens (tertiary/aromatic N) is 2. The van der Waals surface area contributed by atoms with Crippen LogP contribution in [0.5, 0.6) is 5.88 Å². The van der Waals surface area contributed by atoms with Gasteiger partial charge in [-0.3, -0.25) is 4.79 Å². The lowest BCUT2D eigenvalue weighted by molar-refractivity contribution is -0.140. The Kier molecular flexibility index (Phi) is 4.85. The summed E-state index contributed by atoms with van der Waals surface area (Å²) in [4.78, 5) is 12.5. The van der Waals surface area contributed by atoms with Crippen molar-refractivity contribution < 1.29 is 23.1 Å². The minimum atomic E-state index is -4.03. The number of rotatable bonds is 7. The van der Waals surface area contributed by atoms with Crippen LogP contribution in [0, 0.1) is 0 Å². The van der Waals surface area contributed by atoms with Gasteiger partial charge in [-0.05, 0) is 30.2 Å². The molecule has 0 bridgehead atoms. The lowest BCUT2D eigenvalue weighted by Gasteiger charge is -2.14. The number of hydrogen-bond acceptors (Lipinski definition) is 7. The topological polar surface area (TPSA) is 118 Å². The second-order valence-electron chi connectivity index (χ2n) is 6.63. The van der Waals surface area contributed by atoms with Gasteiger partial charge in [0.05, 0.1) is 12.0 Å². The fourth-order valence-electron chi connectivity index (χ4n) is 3.20. The molecule has 2 N–H and O–H groups in total. The zero-order valence-corrected chi connectivity index (χ0v) is 16.9. The first-order valence-corrected chi connectivity index (χ1v) is 11.0. The van der Waals surface area contributed by atoms with Crippen LogP contribution in [-0.2, 0) is 14.8 Å². The van der Waals surface area contributed by atoms with E-state index in [0.717, 1.165) is 16.9 Å². The number of benzene rings is 1. The van der Waals surface area contributed by atoms with E-state index in [2.05, 4.69) is 14.9 Å². The maximum Gasteiger partial charge on any atom is 0.325 e. The predicted octanol–water partition coefficient (Wildman–Crippen LogP) is 2.50. The largest absolute Gasteiger partial charge is 0.480 e. The monoisotopic (exact) mass is 431 g/mol. The molecule has 0 saturated heterocycles. The van der Waals surface area contributed by atoms with Crippen LogP contribution >= 0.6 is 11.3 Å². The maximum atomic E-state index is 12.9. The molecule has 29 heavy (non-hydrogen) atoms. The number of methoxy groups -OCH3 is 1. The Morgan fingerprint density at radius 1 is 1.17 bits per heavy atom. The number of carbonyl (C=O) groups is 1. The molecule has 2 atom stereocenters. The van der Waals surface area contributed by atoms with Crippen LogP contribution in [0.4, 0.5) is 0 Å². The number of carboxylic acid groups (broad SMARTS) is 1. The molecule has 150 valence electrons. The SMILES string of the molecule is COc1ccc(-c2ccc(S(=O)(=O)N[C@@]3(C(=O)O)C[C@H]3c3ccccc3)s2)nn1. The smallest absolute Gasteiger partial charge is 0.325 e. The molecule has 1 aromatic carbocycles. The van der Waals surface area contributed by atoms with Gasteiger partial charge in [0.1, 0.15) is 15.4 Å². The first-order valence-electron chi connectivity index (χ1n) is 8.66. The molecule has 0 unspecified atom stereocenters. The Hall–Kier alpha value is -2.82. The summed E-state index contributed by atoms with van der Waals surface area (Å²) in [5, 5.41) is 17.6. The van der Waals surface area contributed by atoms with Crippen LogP contribution < -0.4 is 9.46 Å². The third-order valence-corrected chi connectivity index (χ3v) is 7.92. The summed E-state index contributed by atoms with van der Waals surface area (Å²) in [6.07, 6.45) is 0.202. The van der Waals surface area contributed by atoms with Crippen LogP contribution in [0.3, 0.4) is 0 Å².